The largest absolute Gasteiger partial charge is 0.365 e. The summed E-state index contributed by atoms with van der Waals surface area (Å²) in [5, 5.41) is 4.86. The summed E-state index contributed by atoms with van der Waals surface area (Å²) in [7, 11) is 0. The smallest absolute Gasteiger partial charge is 0.314 e. The van der Waals surface area contributed by atoms with E-state index in [9.17, 15) is 4.79 Å². The Morgan fingerprint density at radius 2 is 1.94 bits per heavy atom. The van der Waals surface area contributed by atoms with Crippen LogP contribution in [0.1, 0.15) is 10.4 Å². The zero-order valence-corrected chi connectivity index (χ0v) is 9.35. The van der Waals surface area contributed by atoms with E-state index in [2.05, 4.69) is 10.1 Å². The molecule has 88 valence electrons. The molecule has 18 heavy (non-hydrogen) atoms. The zero-order chi connectivity index (χ0) is 12.4. The first-order chi connectivity index (χ1) is 8.83. The molecule has 5 nitrogen and oxygen atoms in total. The Hall–Kier alpha value is -2.69. The fraction of sp³-hybridized carbons (Fsp3) is 0. The van der Waals surface area contributed by atoms with Crippen molar-refractivity contribution in [2.24, 2.45) is 0 Å². The fourth-order valence-corrected chi connectivity index (χ4v) is 1.59. The Morgan fingerprint density at radius 1 is 1.11 bits per heavy atom. The number of fused-ring (bicyclic) bond motifs is 1. The first kappa shape index (κ1) is 10.5. The van der Waals surface area contributed by atoms with Gasteiger partial charge in [0.1, 0.15) is 0 Å². The molecule has 3 aromatic rings. The molecule has 0 unspecified atom stereocenters. The number of benzene rings is 1. The zero-order valence-electron chi connectivity index (χ0n) is 9.35. The van der Waals surface area contributed by atoms with Crippen molar-refractivity contribution < 1.29 is 9.63 Å². The normalized spacial score (nSPS) is 10.4. The third-order valence-corrected chi connectivity index (χ3v) is 2.45. The second-order valence-electron chi connectivity index (χ2n) is 3.69. The molecular formula is C13H9N3O2. The minimum absolute atomic E-state index is 0.455. The number of carbonyl (C=O) groups excluding carboxylic acids is 1. The van der Waals surface area contributed by atoms with Crippen LogP contribution in [0.2, 0.25) is 0 Å². The van der Waals surface area contributed by atoms with Gasteiger partial charge in [0.2, 0.25) is 0 Å². The Morgan fingerprint density at radius 3 is 2.72 bits per heavy atom. The lowest BCUT2D eigenvalue weighted by molar-refractivity contribution is 0.0398. The molecule has 0 radical (unpaired) electrons. The number of carbonyl (C=O) groups is 1. The van der Waals surface area contributed by atoms with Crippen molar-refractivity contribution in [1.29, 1.82) is 0 Å². The van der Waals surface area contributed by atoms with Crippen molar-refractivity contribution in [3.8, 4) is 0 Å². The Kier molecular flexibility index (Phi) is 2.49. The molecular weight excluding hydrogens is 230 g/mol. The van der Waals surface area contributed by atoms with Gasteiger partial charge in [0.15, 0.2) is 5.65 Å². The van der Waals surface area contributed by atoms with Crippen LogP contribution in [-0.4, -0.2) is 20.9 Å². The van der Waals surface area contributed by atoms with E-state index in [1.807, 2.05) is 12.1 Å². The second kappa shape index (κ2) is 4.29. The molecule has 5 heteroatoms. The molecule has 2 heterocycles. The molecule has 0 atom stereocenters. The highest BCUT2D eigenvalue weighted by Crippen LogP contribution is 2.07. The van der Waals surface area contributed by atoms with E-state index in [-0.39, 0.29) is 0 Å². The fourth-order valence-electron chi connectivity index (χ4n) is 1.59. The van der Waals surface area contributed by atoms with Crippen LogP contribution in [0, 0.1) is 0 Å². The molecule has 3 rings (SSSR count). The molecule has 0 aliphatic heterocycles. The number of hydrogen-bond donors (Lipinski definition) is 0. The van der Waals surface area contributed by atoms with Gasteiger partial charge in [-0.3, -0.25) is 0 Å². The maximum absolute atomic E-state index is 11.8. The molecule has 0 saturated heterocycles. The van der Waals surface area contributed by atoms with Gasteiger partial charge in [-0.15, -0.1) is 5.10 Å². The van der Waals surface area contributed by atoms with Crippen LogP contribution >= 0.6 is 0 Å². The standard InChI is InChI=1S/C13H9N3O2/c17-13(10-5-2-1-3-6-10)18-16-9-11-7-4-8-14-12(11)15-16/h1-9H. The van der Waals surface area contributed by atoms with Crippen molar-refractivity contribution in [3.05, 3.63) is 60.4 Å². The molecule has 0 N–H and O–H groups in total. The van der Waals surface area contributed by atoms with Gasteiger partial charge in [-0.2, -0.15) is 0 Å². The second-order valence-corrected chi connectivity index (χ2v) is 3.69. The number of nitrogens with zero attached hydrogens (tertiary/aromatic N) is 3. The molecule has 0 amide bonds. The molecule has 0 bridgehead atoms. The Balaban J connectivity index is 1.86. The lowest BCUT2D eigenvalue weighted by Crippen LogP contribution is -2.20. The lowest BCUT2D eigenvalue weighted by atomic mass is 10.2. The quantitative estimate of drug-likeness (QED) is 0.683. The van der Waals surface area contributed by atoms with E-state index in [1.165, 1.54) is 0 Å². The summed E-state index contributed by atoms with van der Waals surface area (Å²) in [5.74, 6) is -0.455. The van der Waals surface area contributed by atoms with Gasteiger partial charge in [-0.05, 0) is 24.3 Å². The van der Waals surface area contributed by atoms with E-state index < -0.39 is 5.97 Å². The molecule has 0 aliphatic rings. The molecule has 0 saturated carbocycles. The molecule has 0 spiro atoms. The first-order valence-electron chi connectivity index (χ1n) is 5.41. The topological polar surface area (TPSA) is 57.0 Å². The summed E-state index contributed by atoms with van der Waals surface area (Å²) in [6.45, 7) is 0. The van der Waals surface area contributed by atoms with Crippen LogP contribution < -0.4 is 4.84 Å². The Bertz CT molecular complexity index is 659. The van der Waals surface area contributed by atoms with E-state index in [0.29, 0.717) is 11.2 Å². The molecule has 0 aliphatic carbocycles. The molecule has 2 aromatic heterocycles. The average Bonchev–Trinajstić information content (AvgIpc) is 2.82. The number of pyridine rings is 1. The predicted octanol–water partition coefficient (Wildman–Crippen LogP) is 1.70. The maximum Gasteiger partial charge on any atom is 0.365 e. The van der Waals surface area contributed by atoms with Gasteiger partial charge in [0.05, 0.1) is 11.8 Å². The summed E-state index contributed by atoms with van der Waals surface area (Å²) in [6, 6.07) is 12.4. The van der Waals surface area contributed by atoms with Gasteiger partial charge in [0.25, 0.3) is 0 Å². The maximum atomic E-state index is 11.8. The summed E-state index contributed by atoms with van der Waals surface area (Å²) >= 11 is 0. The van der Waals surface area contributed by atoms with Crippen molar-refractivity contribution in [2.45, 2.75) is 0 Å². The number of rotatable bonds is 2. The van der Waals surface area contributed by atoms with Gasteiger partial charge >= 0.3 is 5.97 Å². The lowest BCUT2D eigenvalue weighted by Gasteiger charge is -2.01. The Labute approximate surface area is 103 Å². The molecule has 1 aromatic carbocycles. The van der Waals surface area contributed by atoms with Crippen LogP contribution in [0.15, 0.2) is 54.9 Å². The SMILES string of the molecule is O=C(On1cc2cccnc2n1)c1ccccc1. The van der Waals surface area contributed by atoms with E-state index in [4.69, 9.17) is 4.84 Å². The van der Waals surface area contributed by atoms with Crippen molar-refractivity contribution in [1.82, 2.24) is 14.9 Å². The van der Waals surface area contributed by atoms with E-state index >= 15 is 0 Å². The van der Waals surface area contributed by atoms with Gasteiger partial charge in [-0.1, -0.05) is 23.0 Å². The van der Waals surface area contributed by atoms with E-state index in [0.717, 1.165) is 10.2 Å². The van der Waals surface area contributed by atoms with Crippen molar-refractivity contribution >= 4 is 17.0 Å². The highest BCUT2D eigenvalue weighted by Gasteiger charge is 2.09. The van der Waals surface area contributed by atoms with E-state index in [1.54, 1.807) is 42.7 Å². The van der Waals surface area contributed by atoms with Crippen molar-refractivity contribution in [2.75, 3.05) is 0 Å². The highest BCUT2D eigenvalue weighted by atomic mass is 16.7. The monoisotopic (exact) mass is 239 g/mol. The predicted molar refractivity (Wildman–Crippen MR) is 64.9 cm³/mol. The van der Waals surface area contributed by atoms with Gasteiger partial charge in [-0.25, -0.2) is 9.78 Å². The summed E-state index contributed by atoms with van der Waals surface area (Å²) in [5.41, 5.74) is 1.02. The van der Waals surface area contributed by atoms with Crippen LogP contribution in [0.4, 0.5) is 0 Å². The number of aromatic nitrogens is 3. The van der Waals surface area contributed by atoms with Crippen LogP contribution in [-0.2, 0) is 0 Å². The summed E-state index contributed by atoms with van der Waals surface area (Å²) in [6.07, 6.45) is 3.25. The molecule has 0 fully saturated rings. The minimum Gasteiger partial charge on any atom is -0.314 e. The minimum atomic E-state index is -0.455. The third-order valence-electron chi connectivity index (χ3n) is 2.45. The van der Waals surface area contributed by atoms with Gasteiger partial charge in [0, 0.05) is 11.6 Å². The van der Waals surface area contributed by atoms with Gasteiger partial charge < -0.3 is 4.84 Å². The van der Waals surface area contributed by atoms with Crippen molar-refractivity contribution in [3.63, 3.8) is 0 Å². The summed E-state index contributed by atoms with van der Waals surface area (Å²) < 4.78 is 0. The highest BCUT2D eigenvalue weighted by molar-refractivity contribution is 5.89. The van der Waals surface area contributed by atoms with Crippen LogP contribution in [0.5, 0.6) is 0 Å². The third kappa shape index (κ3) is 1.93. The number of hydrogen-bond acceptors (Lipinski definition) is 4. The van der Waals surface area contributed by atoms with Crippen LogP contribution in [0.25, 0.3) is 11.0 Å². The first-order valence-corrected chi connectivity index (χ1v) is 5.41. The average molecular weight is 239 g/mol. The van der Waals surface area contributed by atoms with Crippen LogP contribution in [0.3, 0.4) is 0 Å². The summed E-state index contributed by atoms with van der Waals surface area (Å²) in [4.78, 5) is 22.1.